The van der Waals surface area contributed by atoms with E-state index in [4.69, 9.17) is 0 Å². The van der Waals surface area contributed by atoms with E-state index in [1.807, 2.05) is 11.3 Å². The van der Waals surface area contributed by atoms with E-state index in [0.717, 1.165) is 6.04 Å². The van der Waals surface area contributed by atoms with Gasteiger partial charge in [-0.1, -0.05) is 18.6 Å². The number of hydrogen-bond acceptors (Lipinski definition) is 2. The van der Waals surface area contributed by atoms with E-state index in [2.05, 4.69) is 47.8 Å². The number of thiazole rings is 1. The lowest BCUT2D eigenvalue weighted by molar-refractivity contribution is -0.628. The monoisotopic (exact) mass is 261 g/mol. The molecule has 0 bridgehead atoms. The van der Waals surface area contributed by atoms with Crippen molar-refractivity contribution in [3.63, 3.8) is 0 Å². The van der Waals surface area contributed by atoms with Gasteiger partial charge in [0, 0.05) is 0 Å². The van der Waals surface area contributed by atoms with E-state index >= 15 is 0 Å². The lowest BCUT2D eigenvalue weighted by atomic mass is 9.95. The Morgan fingerprint density at radius 2 is 1.89 bits per heavy atom. The van der Waals surface area contributed by atoms with Crippen molar-refractivity contribution >= 4 is 26.7 Å². The summed E-state index contributed by atoms with van der Waals surface area (Å²) in [7, 11) is 4.45. The molecule has 0 unspecified atom stereocenters. The van der Waals surface area contributed by atoms with Gasteiger partial charge in [-0.15, -0.1) is 0 Å². The van der Waals surface area contributed by atoms with Crippen LogP contribution in [0.4, 0.5) is 5.13 Å². The molecule has 1 heterocycles. The van der Waals surface area contributed by atoms with Crippen molar-refractivity contribution < 1.29 is 4.57 Å². The molecule has 1 fully saturated rings. The number of para-hydroxylation sites is 1. The van der Waals surface area contributed by atoms with Gasteiger partial charge in [0.1, 0.15) is 5.52 Å². The molecular weight excluding hydrogens is 240 g/mol. The van der Waals surface area contributed by atoms with Crippen LogP contribution in [-0.4, -0.2) is 13.1 Å². The SMILES string of the molecule is CN(c1sc2ccccc2[n+]1C)C1CCCCC1. The lowest BCUT2D eigenvalue weighted by Crippen LogP contribution is -2.41. The van der Waals surface area contributed by atoms with E-state index in [1.54, 1.807) is 0 Å². The first kappa shape index (κ1) is 12.0. The Balaban J connectivity index is 1.95. The Bertz CT molecular complexity index is 540. The van der Waals surface area contributed by atoms with Crippen LogP contribution in [0.2, 0.25) is 0 Å². The van der Waals surface area contributed by atoms with Crippen molar-refractivity contribution in [3.05, 3.63) is 24.3 Å². The van der Waals surface area contributed by atoms with E-state index in [1.165, 1.54) is 47.5 Å². The summed E-state index contributed by atoms with van der Waals surface area (Å²) in [5, 5.41) is 1.39. The highest BCUT2D eigenvalue weighted by atomic mass is 32.1. The normalized spacial score (nSPS) is 17.2. The fourth-order valence-corrected chi connectivity index (χ4v) is 4.20. The highest BCUT2D eigenvalue weighted by Gasteiger charge is 2.28. The first-order valence-corrected chi connectivity index (χ1v) is 7.69. The number of hydrogen-bond donors (Lipinski definition) is 0. The summed E-state index contributed by atoms with van der Waals surface area (Å²) in [6, 6.07) is 9.42. The van der Waals surface area contributed by atoms with Gasteiger partial charge >= 0.3 is 5.13 Å². The van der Waals surface area contributed by atoms with Crippen molar-refractivity contribution in [2.75, 3.05) is 11.9 Å². The molecule has 0 spiro atoms. The second-order valence-corrected chi connectivity index (χ2v) is 6.32. The van der Waals surface area contributed by atoms with Crippen LogP contribution in [0.25, 0.3) is 10.2 Å². The van der Waals surface area contributed by atoms with E-state index < -0.39 is 0 Å². The number of aryl methyl sites for hydroxylation is 1. The first-order valence-electron chi connectivity index (χ1n) is 6.88. The molecule has 2 aromatic rings. The molecule has 0 atom stereocenters. The van der Waals surface area contributed by atoms with Gasteiger partial charge in [-0.05, 0) is 49.2 Å². The fourth-order valence-electron chi connectivity index (χ4n) is 3.02. The zero-order valence-corrected chi connectivity index (χ0v) is 12.0. The van der Waals surface area contributed by atoms with E-state index in [-0.39, 0.29) is 0 Å². The molecular formula is C15H21N2S+. The average molecular weight is 261 g/mol. The van der Waals surface area contributed by atoms with Gasteiger partial charge in [-0.3, -0.25) is 4.90 Å². The third-order valence-corrected chi connectivity index (χ3v) is 5.45. The van der Waals surface area contributed by atoms with Gasteiger partial charge in [-0.2, -0.15) is 0 Å². The minimum atomic E-state index is 0.734. The minimum Gasteiger partial charge on any atom is -0.252 e. The summed E-state index contributed by atoms with van der Waals surface area (Å²) < 4.78 is 3.73. The topological polar surface area (TPSA) is 7.12 Å². The summed E-state index contributed by atoms with van der Waals surface area (Å²) in [5.41, 5.74) is 1.35. The predicted octanol–water partition coefficient (Wildman–Crippen LogP) is 3.49. The molecule has 18 heavy (non-hydrogen) atoms. The van der Waals surface area contributed by atoms with Gasteiger partial charge in [0.2, 0.25) is 0 Å². The summed E-state index contributed by atoms with van der Waals surface area (Å²) in [6.07, 6.45) is 6.91. The Morgan fingerprint density at radius 1 is 1.17 bits per heavy atom. The number of fused-ring (bicyclic) bond motifs is 1. The third kappa shape index (κ3) is 2.01. The molecule has 1 aliphatic carbocycles. The molecule has 3 heteroatoms. The van der Waals surface area contributed by atoms with Crippen LogP contribution in [-0.2, 0) is 7.05 Å². The Kier molecular flexibility index (Phi) is 3.25. The van der Waals surface area contributed by atoms with E-state index in [9.17, 15) is 0 Å². The molecule has 0 amide bonds. The molecule has 0 radical (unpaired) electrons. The van der Waals surface area contributed by atoms with Gasteiger partial charge in [0.05, 0.1) is 24.8 Å². The largest absolute Gasteiger partial charge is 0.336 e. The van der Waals surface area contributed by atoms with Crippen molar-refractivity contribution in [3.8, 4) is 0 Å². The van der Waals surface area contributed by atoms with Crippen LogP contribution in [0, 0.1) is 0 Å². The van der Waals surface area contributed by atoms with Crippen LogP contribution in [0.5, 0.6) is 0 Å². The minimum absolute atomic E-state index is 0.734. The highest BCUT2D eigenvalue weighted by Crippen LogP contribution is 2.30. The second-order valence-electron chi connectivity index (χ2n) is 5.31. The zero-order valence-electron chi connectivity index (χ0n) is 11.2. The van der Waals surface area contributed by atoms with Gasteiger partial charge < -0.3 is 0 Å². The molecule has 1 aromatic carbocycles. The summed E-state index contributed by atoms with van der Waals surface area (Å²) in [6.45, 7) is 0. The number of anilines is 1. The Hall–Kier alpha value is -1.09. The third-order valence-electron chi connectivity index (χ3n) is 4.14. The molecule has 3 rings (SSSR count). The lowest BCUT2D eigenvalue weighted by Gasteiger charge is -2.25. The molecule has 0 N–H and O–H groups in total. The maximum Gasteiger partial charge on any atom is 0.336 e. The standard InChI is InChI=1S/C15H21N2S/c1-16(12-8-4-3-5-9-12)15-17(2)13-10-6-7-11-14(13)18-15/h6-7,10-12H,3-5,8-9H2,1-2H3/q+1. The molecule has 2 nitrogen and oxygen atoms in total. The molecule has 1 aliphatic rings. The number of rotatable bonds is 2. The Labute approximate surface area is 113 Å². The van der Waals surface area contributed by atoms with Crippen molar-refractivity contribution in [2.24, 2.45) is 7.05 Å². The predicted molar refractivity (Wildman–Crippen MR) is 78.3 cm³/mol. The molecule has 0 saturated heterocycles. The summed E-state index contributed by atoms with van der Waals surface area (Å²) in [5.74, 6) is 0. The van der Waals surface area contributed by atoms with Crippen LogP contribution in [0.1, 0.15) is 32.1 Å². The maximum atomic E-state index is 2.50. The van der Waals surface area contributed by atoms with Gasteiger partial charge in [0.15, 0.2) is 0 Å². The van der Waals surface area contributed by atoms with Crippen molar-refractivity contribution in [1.29, 1.82) is 0 Å². The highest BCUT2D eigenvalue weighted by molar-refractivity contribution is 7.21. The molecule has 1 saturated carbocycles. The van der Waals surface area contributed by atoms with Crippen LogP contribution < -0.4 is 9.47 Å². The van der Waals surface area contributed by atoms with Crippen LogP contribution >= 0.6 is 11.3 Å². The fraction of sp³-hybridized carbons (Fsp3) is 0.533. The molecule has 96 valence electrons. The zero-order chi connectivity index (χ0) is 12.5. The smallest absolute Gasteiger partial charge is 0.252 e. The number of aromatic nitrogens is 1. The summed E-state index contributed by atoms with van der Waals surface area (Å²) in [4.78, 5) is 2.50. The van der Waals surface area contributed by atoms with Crippen LogP contribution in [0.15, 0.2) is 24.3 Å². The molecule has 0 aliphatic heterocycles. The molecule has 1 aromatic heterocycles. The number of nitrogens with zero attached hydrogens (tertiary/aromatic N) is 2. The quantitative estimate of drug-likeness (QED) is 0.751. The second kappa shape index (κ2) is 4.88. The summed E-state index contributed by atoms with van der Waals surface area (Å²) >= 11 is 1.91. The van der Waals surface area contributed by atoms with Crippen LogP contribution in [0.3, 0.4) is 0 Å². The van der Waals surface area contributed by atoms with Gasteiger partial charge in [-0.25, -0.2) is 4.57 Å². The average Bonchev–Trinajstić information content (AvgIpc) is 2.77. The first-order chi connectivity index (χ1) is 8.77. The Morgan fingerprint density at radius 3 is 2.61 bits per heavy atom. The van der Waals surface area contributed by atoms with Gasteiger partial charge in [0.25, 0.3) is 0 Å². The maximum absolute atomic E-state index is 2.50. The van der Waals surface area contributed by atoms with Crippen molar-refractivity contribution in [2.45, 2.75) is 38.1 Å². The number of benzene rings is 1. The van der Waals surface area contributed by atoms with Crippen molar-refractivity contribution in [1.82, 2.24) is 0 Å². The van der Waals surface area contributed by atoms with E-state index in [0.29, 0.717) is 0 Å².